The summed E-state index contributed by atoms with van der Waals surface area (Å²) in [6, 6.07) is 0. The van der Waals surface area contributed by atoms with Gasteiger partial charge < -0.3 is 4.42 Å². The van der Waals surface area contributed by atoms with Crippen LogP contribution in [0.25, 0.3) is 0 Å². The zero-order valence-electron chi connectivity index (χ0n) is 10.0. The van der Waals surface area contributed by atoms with Crippen LogP contribution in [0.1, 0.15) is 47.3 Å². The highest BCUT2D eigenvalue weighted by Gasteiger charge is 2.22. The summed E-state index contributed by atoms with van der Waals surface area (Å²) in [7, 11) is 2.04. The lowest BCUT2D eigenvalue weighted by molar-refractivity contribution is 0.422. The zero-order valence-corrected chi connectivity index (χ0v) is 10.0. The van der Waals surface area contributed by atoms with Crippen molar-refractivity contribution in [2.24, 2.45) is 0 Å². The Morgan fingerprint density at radius 1 is 1.14 bits per heavy atom. The smallest absolute Gasteiger partial charge is 0.235 e. The van der Waals surface area contributed by atoms with E-state index in [0.717, 1.165) is 11.6 Å². The normalized spacial score (nSPS) is 13.0. The third kappa shape index (κ3) is 3.20. The molecule has 0 spiro atoms. The molecule has 0 aliphatic rings. The highest BCUT2D eigenvalue weighted by Crippen LogP contribution is 2.22. The van der Waals surface area contributed by atoms with Gasteiger partial charge in [-0.3, -0.25) is 0 Å². The summed E-state index contributed by atoms with van der Waals surface area (Å²) < 4.78 is 5.66. The molecule has 2 nitrogen and oxygen atoms in total. The summed E-state index contributed by atoms with van der Waals surface area (Å²) in [6.07, 6.45) is 1.82. The van der Waals surface area contributed by atoms with Crippen molar-refractivity contribution in [2.45, 2.75) is 52.3 Å². The van der Waals surface area contributed by atoms with Crippen molar-refractivity contribution in [2.75, 3.05) is 0 Å². The number of rotatable bonds is 1. The van der Waals surface area contributed by atoms with Gasteiger partial charge in [-0.25, -0.2) is 4.98 Å². The number of aromatic nitrogens is 1. The lowest BCUT2D eigenvalue weighted by Crippen LogP contribution is -2.24. The van der Waals surface area contributed by atoms with Crippen LogP contribution in [0.5, 0.6) is 0 Å². The van der Waals surface area contributed by atoms with Crippen LogP contribution in [0, 0.1) is 0 Å². The van der Waals surface area contributed by atoms with Crippen LogP contribution in [0.2, 0.25) is 5.31 Å². The number of nitrogens with zero attached hydrogens (tertiary/aromatic N) is 1. The van der Waals surface area contributed by atoms with E-state index < -0.39 is 0 Å². The van der Waals surface area contributed by atoms with Crippen molar-refractivity contribution in [3.8, 4) is 0 Å². The molecule has 0 atom stereocenters. The summed E-state index contributed by atoms with van der Waals surface area (Å²) in [4.78, 5) is 4.25. The van der Waals surface area contributed by atoms with Crippen LogP contribution >= 0.6 is 0 Å². The molecule has 0 fully saturated rings. The maximum Gasteiger partial charge on any atom is 0.235 e. The molecule has 1 rings (SSSR count). The molecule has 14 heavy (non-hydrogen) atoms. The van der Waals surface area contributed by atoms with Crippen molar-refractivity contribution in [1.29, 1.82) is 0 Å². The van der Waals surface area contributed by atoms with Crippen molar-refractivity contribution >= 4 is 13.1 Å². The Morgan fingerprint density at radius 2 is 1.71 bits per heavy atom. The van der Waals surface area contributed by atoms with E-state index in [1.807, 2.05) is 13.5 Å². The van der Waals surface area contributed by atoms with Crippen molar-refractivity contribution in [1.82, 2.24) is 4.98 Å². The predicted octanol–water partition coefficient (Wildman–Crippen LogP) is 2.52. The molecule has 1 aromatic rings. The summed E-state index contributed by atoms with van der Waals surface area (Å²) in [6.45, 7) is 12.8. The molecule has 0 amide bonds. The molecule has 0 N–H and O–H groups in total. The highest BCUT2D eigenvalue weighted by atomic mass is 16.3. The molecule has 0 unspecified atom stereocenters. The van der Waals surface area contributed by atoms with Gasteiger partial charge in [-0.1, -0.05) is 46.9 Å². The van der Waals surface area contributed by atoms with E-state index in [1.54, 1.807) is 0 Å². The Morgan fingerprint density at radius 3 is 2.07 bits per heavy atom. The second kappa shape index (κ2) is 3.45. The maximum absolute atomic E-state index is 5.66. The summed E-state index contributed by atoms with van der Waals surface area (Å²) in [5, 5.41) is 0.111. The molecular weight excluding hydrogens is 173 g/mol. The van der Waals surface area contributed by atoms with Crippen LogP contribution in [-0.2, 0) is 5.41 Å². The molecule has 1 heterocycles. The third-order valence-corrected chi connectivity index (χ3v) is 1.82. The molecule has 77 valence electrons. The highest BCUT2D eigenvalue weighted by molar-refractivity contribution is 6.53. The summed E-state index contributed by atoms with van der Waals surface area (Å²) in [5.41, 5.74) is 0.0387. The molecule has 0 aromatic carbocycles. The molecule has 0 saturated heterocycles. The number of oxazole rings is 1. The van der Waals surface area contributed by atoms with Crippen LogP contribution in [-0.4, -0.2) is 12.3 Å². The van der Waals surface area contributed by atoms with Crippen LogP contribution in [0.15, 0.2) is 10.6 Å². The fourth-order valence-electron chi connectivity index (χ4n) is 1.07. The van der Waals surface area contributed by atoms with Gasteiger partial charge in [0.1, 0.15) is 11.6 Å². The zero-order chi connectivity index (χ0) is 11.0. The predicted molar refractivity (Wildman–Crippen MR) is 60.3 cm³/mol. The summed E-state index contributed by atoms with van der Waals surface area (Å²) in [5.74, 6) is 1.66. The maximum atomic E-state index is 5.66. The Balaban J connectivity index is 2.79. The second-order valence-corrected chi connectivity index (χ2v) is 5.82. The Labute approximate surface area is 87.4 Å². The van der Waals surface area contributed by atoms with Crippen LogP contribution in [0.4, 0.5) is 0 Å². The van der Waals surface area contributed by atoms with E-state index in [0.29, 0.717) is 0 Å². The SMILES string of the molecule is CC(C)(C)[B]c1ncc(C(C)(C)C)o1. The first-order chi connectivity index (χ1) is 6.18. The van der Waals surface area contributed by atoms with E-state index in [2.05, 4.69) is 46.5 Å². The van der Waals surface area contributed by atoms with Gasteiger partial charge in [-0.2, -0.15) is 0 Å². The second-order valence-electron chi connectivity index (χ2n) is 5.82. The van der Waals surface area contributed by atoms with Gasteiger partial charge in [0.15, 0.2) is 0 Å². The van der Waals surface area contributed by atoms with E-state index in [1.165, 1.54) is 0 Å². The van der Waals surface area contributed by atoms with Crippen LogP contribution in [0.3, 0.4) is 0 Å². The molecular formula is C11H19BNO. The molecule has 0 aliphatic heterocycles. The standard InChI is InChI=1S/C11H19BNO/c1-10(2,3)8-7-13-9(14-8)12-11(4,5)6/h7H,1-6H3. The van der Waals surface area contributed by atoms with E-state index in [4.69, 9.17) is 4.42 Å². The molecule has 1 radical (unpaired) electrons. The van der Waals surface area contributed by atoms with Crippen molar-refractivity contribution in [3.63, 3.8) is 0 Å². The first kappa shape index (κ1) is 11.4. The topological polar surface area (TPSA) is 26.0 Å². The van der Waals surface area contributed by atoms with Crippen molar-refractivity contribution < 1.29 is 4.42 Å². The fraction of sp³-hybridized carbons (Fsp3) is 0.727. The minimum Gasteiger partial charge on any atom is -0.456 e. The molecule has 0 bridgehead atoms. The quantitative estimate of drug-likeness (QED) is 0.639. The average molecular weight is 192 g/mol. The van der Waals surface area contributed by atoms with Gasteiger partial charge in [-0.05, 0) is 0 Å². The van der Waals surface area contributed by atoms with Gasteiger partial charge in [0.2, 0.25) is 7.28 Å². The minimum atomic E-state index is 0.0387. The Kier molecular flexibility index (Phi) is 2.80. The average Bonchev–Trinajstić information content (AvgIpc) is 2.29. The number of hydrogen-bond acceptors (Lipinski definition) is 2. The lowest BCUT2D eigenvalue weighted by Gasteiger charge is -2.15. The Hall–Kier alpha value is -0.725. The van der Waals surface area contributed by atoms with Gasteiger partial charge in [0.25, 0.3) is 0 Å². The molecule has 3 heteroatoms. The summed E-state index contributed by atoms with van der Waals surface area (Å²) >= 11 is 0. The van der Waals surface area contributed by atoms with Crippen LogP contribution < -0.4 is 5.79 Å². The first-order valence-electron chi connectivity index (χ1n) is 5.01. The van der Waals surface area contributed by atoms with E-state index in [9.17, 15) is 0 Å². The first-order valence-corrected chi connectivity index (χ1v) is 5.01. The van der Waals surface area contributed by atoms with Gasteiger partial charge in [0, 0.05) is 5.41 Å². The minimum absolute atomic E-state index is 0.0387. The van der Waals surface area contributed by atoms with Gasteiger partial charge in [0.05, 0.1) is 6.20 Å². The third-order valence-electron chi connectivity index (χ3n) is 1.82. The fourth-order valence-corrected chi connectivity index (χ4v) is 1.07. The van der Waals surface area contributed by atoms with E-state index in [-0.39, 0.29) is 10.7 Å². The largest absolute Gasteiger partial charge is 0.456 e. The molecule has 0 saturated carbocycles. The monoisotopic (exact) mass is 192 g/mol. The molecule has 1 aromatic heterocycles. The van der Waals surface area contributed by atoms with Crippen molar-refractivity contribution in [3.05, 3.63) is 12.0 Å². The Bertz CT molecular complexity index is 304. The number of hydrogen-bond donors (Lipinski definition) is 0. The van der Waals surface area contributed by atoms with Gasteiger partial charge >= 0.3 is 0 Å². The molecule has 0 aliphatic carbocycles. The van der Waals surface area contributed by atoms with E-state index >= 15 is 0 Å². The lowest BCUT2D eigenvalue weighted by atomic mass is 9.55. The van der Waals surface area contributed by atoms with Gasteiger partial charge in [-0.15, -0.1) is 0 Å².